The normalized spacial score (nSPS) is 11.9. The Bertz CT molecular complexity index is 426. The van der Waals surface area contributed by atoms with E-state index in [9.17, 15) is 5.26 Å². The molecule has 98 valence electrons. The molecule has 0 saturated heterocycles. The molecular formula is C14H21N3O. The highest BCUT2D eigenvalue weighted by molar-refractivity contribution is 5.57. The molecule has 0 bridgehead atoms. The van der Waals surface area contributed by atoms with Crippen molar-refractivity contribution in [1.29, 1.82) is 5.26 Å². The number of aryl methyl sites for hydroxylation is 1. The highest BCUT2D eigenvalue weighted by Gasteiger charge is 2.18. The summed E-state index contributed by atoms with van der Waals surface area (Å²) in [6.45, 7) is 7.59. The first-order valence-corrected chi connectivity index (χ1v) is 6.27. The predicted molar refractivity (Wildman–Crippen MR) is 72.7 cm³/mol. The van der Waals surface area contributed by atoms with Crippen molar-refractivity contribution in [2.45, 2.75) is 33.2 Å². The average molecular weight is 247 g/mol. The zero-order valence-corrected chi connectivity index (χ0v) is 11.6. The van der Waals surface area contributed by atoms with E-state index in [2.05, 4.69) is 29.8 Å². The maximum atomic E-state index is 9.28. The Hall–Kier alpha value is -1.60. The van der Waals surface area contributed by atoms with Gasteiger partial charge >= 0.3 is 0 Å². The molecular weight excluding hydrogens is 226 g/mol. The number of methoxy groups -OCH3 is 1. The van der Waals surface area contributed by atoms with E-state index >= 15 is 0 Å². The van der Waals surface area contributed by atoms with Crippen LogP contribution in [-0.4, -0.2) is 31.3 Å². The first-order chi connectivity index (χ1) is 8.65. The van der Waals surface area contributed by atoms with Crippen LogP contribution in [0.4, 0.5) is 5.82 Å². The van der Waals surface area contributed by atoms with Gasteiger partial charge in [0, 0.05) is 25.9 Å². The molecule has 0 aliphatic rings. The molecule has 1 aromatic rings. The number of ether oxygens (including phenoxy) is 1. The number of hydrogen-bond acceptors (Lipinski definition) is 4. The van der Waals surface area contributed by atoms with Crippen LogP contribution < -0.4 is 4.90 Å². The van der Waals surface area contributed by atoms with Crippen LogP contribution in [0.15, 0.2) is 12.3 Å². The van der Waals surface area contributed by atoms with Gasteiger partial charge in [-0.15, -0.1) is 0 Å². The van der Waals surface area contributed by atoms with Crippen molar-refractivity contribution in [2.24, 2.45) is 0 Å². The van der Waals surface area contributed by atoms with E-state index in [4.69, 9.17) is 4.74 Å². The molecule has 18 heavy (non-hydrogen) atoms. The van der Waals surface area contributed by atoms with E-state index in [1.54, 1.807) is 13.3 Å². The fourth-order valence-corrected chi connectivity index (χ4v) is 1.84. The molecule has 0 spiro atoms. The molecule has 0 aliphatic carbocycles. The van der Waals surface area contributed by atoms with Gasteiger partial charge in [0.15, 0.2) is 0 Å². The topological polar surface area (TPSA) is 49.1 Å². The van der Waals surface area contributed by atoms with Crippen LogP contribution in [0.25, 0.3) is 0 Å². The van der Waals surface area contributed by atoms with Crippen molar-refractivity contribution in [3.8, 4) is 6.07 Å². The second-order valence-corrected chi connectivity index (χ2v) is 4.38. The number of rotatable bonds is 6. The quantitative estimate of drug-likeness (QED) is 0.775. The molecule has 0 amide bonds. The second-order valence-electron chi connectivity index (χ2n) is 4.38. The lowest BCUT2D eigenvalue weighted by Crippen LogP contribution is -2.36. The van der Waals surface area contributed by atoms with Gasteiger partial charge in [-0.1, -0.05) is 6.92 Å². The first kappa shape index (κ1) is 14.5. The summed E-state index contributed by atoms with van der Waals surface area (Å²) < 4.78 is 5.14. The van der Waals surface area contributed by atoms with E-state index < -0.39 is 0 Å². The van der Waals surface area contributed by atoms with E-state index in [0.29, 0.717) is 18.2 Å². The summed E-state index contributed by atoms with van der Waals surface area (Å²) >= 11 is 0. The summed E-state index contributed by atoms with van der Waals surface area (Å²) in [6, 6.07) is 4.46. The van der Waals surface area contributed by atoms with Crippen molar-refractivity contribution in [1.82, 2.24) is 4.98 Å². The van der Waals surface area contributed by atoms with Crippen LogP contribution in [0, 0.1) is 18.3 Å². The highest BCUT2D eigenvalue weighted by atomic mass is 16.5. The molecule has 0 fully saturated rings. The molecule has 4 heteroatoms. The average Bonchev–Trinajstić information content (AvgIpc) is 2.39. The molecule has 1 heterocycles. The molecule has 0 aliphatic heterocycles. The van der Waals surface area contributed by atoms with Gasteiger partial charge in [0.05, 0.1) is 12.2 Å². The standard InChI is InChI=1S/C14H21N3O/c1-5-12(3)17(8-9-18-4)14-13(10-15)11(2)6-7-16-14/h6-7,12H,5,8-9H2,1-4H3. The van der Waals surface area contributed by atoms with E-state index in [1.807, 2.05) is 13.0 Å². The third-order valence-corrected chi connectivity index (χ3v) is 3.18. The Morgan fingerprint density at radius 1 is 1.56 bits per heavy atom. The van der Waals surface area contributed by atoms with Gasteiger partial charge in [0.1, 0.15) is 11.9 Å². The van der Waals surface area contributed by atoms with E-state index in [-0.39, 0.29) is 0 Å². The zero-order chi connectivity index (χ0) is 13.5. The van der Waals surface area contributed by atoms with Gasteiger partial charge in [0.2, 0.25) is 0 Å². The number of hydrogen-bond donors (Lipinski definition) is 0. The number of aromatic nitrogens is 1. The summed E-state index contributed by atoms with van der Waals surface area (Å²) in [4.78, 5) is 6.53. The maximum absolute atomic E-state index is 9.28. The summed E-state index contributed by atoms with van der Waals surface area (Å²) in [7, 11) is 1.68. The SMILES string of the molecule is CCC(C)N(CCOC)c1nccc(C)c1C#N. The lowest BCUT2D eigenvalue weighted by Gasteiger charge is -2.30. The van der Waals surface area contributed by atoms with Crippen LogP contribution in [0.5, 0.6) is 0 Å². The lowest BCUT2D eigenvalue weighted by molar-refractivity contribution is 0.203. The largest absolute Gasteiger partial charge is 0.383 e. The molecule has 0 saturated carbocycles. The Kier molecular flexibility index (Phi) is 5.60. The summed E-state index contributed by atoms with van der Waals surface area (Å²) in [5, 5.41) is 9.28. The minimum Gasteiger partial charge on any atom is -0.383 e. The molecule has 0 aromatic carbocycles. The Labute approximate surface area is 109 Å². The van der Waals surface area contributed by atoms with Gasteiger partial charge < -0.3 is 9.64 Å². The van der Waals surface area contributed by atoms with Crippen molar-refractivity contribution < 1.29 is 4.74 Å². The smallest absolute Gasteiger partial charge is 0.147 e. The van der Waals surface area contributed by atoms with Crippen LogP contribution in [0.3, 0.4) is 0 Å². The van der Waals surface area contributed by atoms with Crippen LogP contribution in [-0.2, 0) is 4.74 Å². The van der Waals surface area contributed by atoms with Crippen molar-refractivity contribution in [2.75, 3.05) is 25.2 Å². The predicted octanol–water partition coefficient (Wildman–Crippen LogP) is 2.51. The lowest BCUT2D eigenvalue weighted by atomic mass is 10.1. The molecule has 1 unspecified atom stereocenters. The Morgan fingerprint density at radius 3 is 2.83 bits per heavy atom. The van der Waals surface area contributed by atoms with E-state index in [0.717, 1.165) is 24.3 Å². The Balaban J connectivity index is 3.12. The minimum absolute atomic E-state index is 0.335. The highest BCUT2D eigenvalue weighted by Crippen LogP contribution is 2.22. The zero-order valence-electron chi connectivity index (χ0n) is 11.6. The fraction of sp³-hybridized carbons (Fsp3) is 0.571. The molecule has 4 nitrogen and oxygen atoms in total. The van der Waals surface area contributed by atoms with Crippen LogP contribution >= 0.6 is 0 Å². The number of nitrogens with zero attached hydrogens (tertiary/aromatic N) is 3. The fourth-order valence-electron chi connectivity index (χ4n) is 1.84. The minimum atomic E-state index is 0.335. The second kappa shape index (κ2) is 6.97. The first-order valence-electron chi connectivity index (χ1n) is 6.27. The van der Waals surface area contributed by atoms with Crippen molar-refractivity contribution >= 4 is 5.82 Å². The molecule has 1 atom stereocenters. The third kappa shape index (κ3) is 3.21. The number of nitriles is 1. The van der Waals surface area contributed by atoms with Gasteiger partial charge in [-0.25, -0.2) is 4.98 Å². The summed E-state index contributed by atoms with van der Waals surface area (Å²) in [5.41, 5.74) is 1.63. The van der Waals surface area contributed by atoms with E-state index in [1.165, 1.54) is 0 Å². The molecule has 0 radical (unpaired) electrons. The van der Waals surface area contributed by atoms with Crippen LogP contribution in [0.1, 0.15) is 31.4 Å². The van der Waals surface area contributed by atoms with Crippen molar-refractivity contribution in [3.05, 3.63) is 23.4 Å². The monoisotopic (exact) mass is 247 g/mol. The van der Waals surface area contributed by atoms with Crippen LogP contribution in [0.2, 0.25) is 0 Å². The summed E-state index contributed by atoms with van der Waals surface area (Å²) in [5.74, 6) is 0.768. The molecule has 1 aromatic heterocycles. The molecule has 0 N–H and O–H groups in total. The number of pyridine rings is 1. The number of anilines is 1. The molecule has 1 rings (SSSR count). The Morgan fingerprint density at radius 2 is 2.28 bits per heavy atom. The van der Waals surface area contributed by atoms with Gasteiger partial charge in [0.25, 0.3) is 0 Å². The van der Waals surface area contributed by atoms with Gasteiger partial charge in [-0.2, -0.15) is 5.26 Å². The van der Waals surface area contributed by atoms with Crippen molar-refractivity contribution in [3.63, 3.8) is 0 Å². The van der Waals surface area contributed by atoms with Gasteiger partial charge in [-0.3, -0.25) is 0 Å². The van der Waals surface area contributed by atoms with Gasteiger partial charge in [-0.05, 0) is 31.9 Å². The summed E-state index contributed by atoms with van der Waals surface area (Å²) in [6.07, 6.45) is 2.76. The third-order valence-electron chi connectivity index (χ3n) is 3.18. The maximum Gasteiger partial charge on any atom is 0.147 e.